The minimum absolute atomic E-state index is 0.231. The molecule has 0 aromatic heterocycles. The lowest BCUT2D eigenvalue weighted by atomic mass is 10.2. The Morgan fingerprint density at radius 2 is 1.43 bits per heavy atom. The molecule has 2 aliphatic rings. The summed E-state index contributed by atoms with van der Waals surface area (Å²) >= 11 is 0. The molecular weight excluding hydrogens is 312 g/mol. The molecule has 2 atom stereocenters. The maximum atomic E-state index is 11.4. The van der Waals surface area contributed by atoms with Gasteiger partial charge in [0.1, 0.15) is 0 Å². The molecule has 136 valence electrons. The lowest BCUT2D eigenvalue weighted by Crippen LogP contribution is -2.49. The van der Waals surface area contributed by atoms with Crippen LogP contribution < -0.4 is 4.72 Å². The first-order valence-corrected chi connectivity index (χ1v) is 10.7. The fraction of sp³-hybridized carbons (Fsp3) is 1.00. The lowest BCUT2D eigenvalue weighted by molar-refractivity contribution is 0.110. The van der Waals surface area contributed by atoms with E-state index in [1.165, 1.54) is 26.4 Å². The Morgan fingerprint density at radius 3 is 1.96 bits per heavy atom. The Balaban J connectivity index is 1.60. The number of piperazine rings is 1. The Labute approximate surface area is 142 Å². The van der Waals surface area contributed by atoms with Crippen molar-refractivity contribution in [3.8, 4) is 0 Å². The van der Waals surface area contributed by atoms with Crippen LogP contribution in [-0.4, -0.2) is 93.8 Å². The van der Waals surface area contributed by atoms with Crippen molar-refractivity contribution in [1.29, 1.82) is 0 Å². The summed E-state index contributed by atoms with van der Waals surface area (Å²) in [6, 6.07) is 1.47. The average Bonchev–Trinajstić information content (AvgIpc) is 2.85. The fourth-order valence-electron chi connectivity index (χ4n) is 3.76. The highest BCUT2D eigenvalue weighted by Gasteiger charge is 2.27. The van der Waals surface area contributed by atoms with Crippen LogP contribution in [0.5, 0.6) is 0 Å². The van der Waals surface area contributed by atoms with E-state index in [0.29, 0.717) is 6.42 Å². The molecule has 2 heterocycles. The van der Waals surface area contributed by atoms with Gasteiger partial charge in [0.05, 0.1) is 5.75 Å². The molecule has 0 aromatic carbocycles. The highest BCUT2D eigenvalue weighted by Crippen LogP contribution is 2.22. The van der Waals surface area contributed by atoms with Gasteiger partial charge >= 0.3 is 0 Å². The van der Waals surface area contributed by atoms with E-state index in [-0.39, 0.29) is 5.75 Å². The summed E-state index contributed by atoms with van der Waals surface area (Å²) in [6.45, 7) is 12.3. The summed E-state index contributed by atoms with van der Waals surface area (Å²) in [4.78, 5) is 7.59. The molecule has 0 radical (unpaired) electrons. The number of sulfonamides is 1. The molecule has 2 unspecified atom stereocenters. The molecule has 0 saturated carbocycles. The molecule has 2 aliphatic heterocycles. The van der Waals surface area contributed by atoms with E-state index >= 15 is 0 Å². The lowest BCUT2D eigenvalue weighted by Gasteiger charge is -2.36. The maximum absolute atomic E-state index is 11.4. The second kappa shape index (κ2) is 8.76. The predicted molar refractivity (Wildman–Crippen MR) is 95.2 cm³/mol. The van der Waals surface area contributed by atoms with Crippen LogP contribution in [0.4, 0.5) is 0 Å². The van der Waals surface area contributed by atoms with Crippen molar-refractivity contribution in [3.63, 3.8) is 0 Å². The van der Waals surface area contributed by atoms with Crippen molar-refractivity contribution < 1.29 is 8.42 Å². The zero-order valence-corrected chi connectivity index (χ0v) is 15.8. The van der Waals surface area contributed by atoms with Crippen LogP contribution in [0.2, 0.25) is 0 Å². The average molecular weight is 347 g/mol. The number of hydrogen-bond donors (Lipinski definition) is 1. The third kappa shape index (κ3) is 5.98. The van der Waals surface area contributed by atoms with Gasteiger partial charge in [-0.15, -0.1) is 0 Å². The minimum Gasteiger partial charge on any atom is -0.301 e. The summed E-state index contributed by atoms with van der Waals surface area (Å²) in [6.07, 6.45) is 3.39. The van der Waals surface area contributed by atoms with E-state index in [1.807, 2.05) is 0 Å². The van der Waals surface area contributed by atoms with Crippen LogP contribution >= 0.6 is 0 Å². The highest BCUT2D eigenvalue weighted by molar-refractivity contribution is 7.89. The number of likely N-dealkylation sites (tertiary alicyclic amines) is 1. The first kappa shape index (κ1) is 19.1. The maximum Gasteiger partial charge on any atom is 0.211 e. The first-order chi connectivity index (χ1) is 10.9. The van der Waals surface area contributed by atoms with E-state index < -0.39 is 10.0 Å². The van der Waals surface area contributed by atoms with Crippen molar-refractivity contribution in [1.82, 2.24) is 19.4 Å². The number of rotatable bonds is 8. The van der Waals surface area contributed by atoms with E-state index in [4.69, 9.17) is 0 Å². The minimum atomic E-state index is -3.05. The van der Waals surface area contributed by atoms with Crippen molar-refractivity contribution in [2.75, 3.05) is 58.6 Å². The Bertz CT molecular complexity index is 439. The van der Waals surface area contributed by atoms with Gasteiger partial charge in [-0.1, -0.05) is 0 Å². The predicted octanol–water partition coefficient (Wildman–Crippen LogP) is 0.416. The molecule has 2 rings (SSSR count). The standard InChI is InChI=1S/C16H34N4O2S/c1-15-5-6-16(2)20(15)13-12-19-10-8-18(9-11-19)7-4-14-23(21,22)17-3/h15-17H,4-14H2,1-3H3. The van der Waals surface area contributed by atoms with Gasteiger partial charge in [0.15, 0.2) is 0 Å². The van der Waals surface area contributed by atoms with Crippen LogP contribution in [0.15, 0.2) is 0 Å². The molecule has 0 aliphatic carbocycles. The molecule has 6 nitrogen and oxygen atoms in total. The molecule has 23 heavy (non-hydrogen) atoms. The number of hydrogen-bond acceptors (Lipinski definition) is 5. The quantitative estimate of drug-likeness (QED) is 0.690. The fourth-order valence-corrected chi connectivity index (χ4v) is 4.48. The molecular formula is C16H34N4O2S. The highest BCUT2D eigenvalue weighted by atomic mass is 32.2. The smallest absolute Gasteiger partial charge is 0.211 e. The van der Waals surface area contributed by atoms with Crippen LogP contribution in [0.3, 0.4) is 0 Å². The second-order valence-corrected chi connectivity index (χ2v) is 9.12. The van der Waals surface area contributed by atoms with Gasteiger partial charge in [0, 0.05) is 51.4 Å². The van der Waals surface area contributed by atoms with Crippen molar-refractivity contribution in [3.05, 3.63) is 0 Å². The van der Waals surface area contributed by atoms with Crippen LogP contribution in [0.1, 0.15) is 33.1 Å². The summed E-state index contributed by atoms with van der Waals surface area (Å²) in [5, 5.41) is 0. The van der Waals surface area contributed by atoms with E-state index in [1.54, 1.807) is 0 Å². The molecule has 2 fully saturated rings. The Kier molecular flexibility index (Phi) is 7.28. The van der Waals surface area contributed by atoms with Gasteiger partial charge < -0.3 is 4.90 Å². The summed E-state index contributed by atoms with van der Waals surface area (Å²) in [5.74, 6) is 0.231. The molecule has 0 aromatic rings. The summed E-state index contributed by atoms with van der Waals surface area (Å²) in [5.41, 5.74) is 0. The van der Waals surface area contributed by atoms with E-state index in [2.05, 4.69) is 33.3 Å². The monoisotopic (exact) mass is 346 g/mol. The van der Waals surface area contributed by atoms with Crippen molar-refractivity contribution >= 4 is 10.0 Å². The topological polar surface area (TPSA) is 55.9 Å². The van der Waals surface area contributed by atoms with Crippen LogP contribution in [0.25, 0.3) is 0 Å². The first-order valence-electron chi connectivity index (χ1n) is 9.03. The number of nitrogens with one attached hydrogen (secondary N) is 1. The zero-order chi connectivity index (χ0) is 16.9. The second-order valence-electron chi connectivity index (χ2n) is 7.07. The molecule has 1 N–H and O–H groups in total. The van der Waals surface area contributed by atoms with Gasteiger partial charge in [-0.05, 0) is 46.7 Å². The Hall–Kier alpha value is -0.210. The van der Waals surface area contributed by atoms with Gasteiger partial charge in [-0.2, -0.15) is 0 Å². The molecule has 0 bridgehead atoms. The van der Waals surface area contributed by atoms with Gasteiger partial charge in [-0.25, -0.2) is 13.1 Å². The summed E-state index contributed by atoms with van der Waals surface area (Å²) in [7, 11) is -1.57. The largest absolute Gasteiger partial charge is 0.301 e. The zero-order valence-electron chi connectivity index (χ0n) is 15.0. The normalized spacial score (nSPS) is 28.5. The molecule has 0 amide bonds. The van der Waals surface area contributed by atoms with E-state index in [9.17, 15) is 8.42 Å². The van der Waals surface area contributed by atoms with Gasteiger partial charge in [0.2, 0.25) is 10.0 Å². The van der Waals surface area contributed by atoms with Crippen LogP contribution in [0, 0.1) is 0 Å². The molecule has 0 spiro atoms. The van der Waals surface area contributed by atoms with Gasteiger partial charge in [0.25, 0.3) is 0 Å². The third-order valence-corrected chi connectivity index (χ3v) is 6.92. The van der Waals surface area contributed by atoms with Crippen molar-refractivity contribution in [2.24, 2.45) is 0 Å². The number of nitrogens with zero attached hydrogens (tertiary/aromatic N) is 3. The molecule has 2 saturated heterocycles. The third-order valence-electron chi connectivity index (χ3n) is 5.47. The SMILES string of the molecule is CNS(=O)(=O)CCCN1CCN(CCN2C(C)CCC2C)CC1. The van der Waals surface area contributed by atoms with Gasteiger partial charge in [-0.3, -0.25) is 9.80 Å². The van der Waals surface area contributed by atoms with Crippen molar-refractivity contribution in [2.45, 2.75) is 45.2 Å². The Morgan fingerprint density at radius 1 is 0.913 bits per heavy atom. The van der Waals surface area contributed by atoms with Crippen LogP contribution in [-0.2, 0) is 10.0 Å². The van der Waals surface area contributed by atoms with E-state index in [0.717, 1.165) is 51.4 Å². The molecule has 7 heteroatoms. The summed E-state index contributed by atoms with van der Waals surface area (Å²) < 4.78 is 25.2.